The lowest BCUT2D eigenvalue weighted by Gasteiger charge is -2.38. The molecule has 0 aliphatic carbocycles. The zero-order valence-electron chi connectivity index (χ0n) is 23.2. The van der Waals surface area contributed by atoms with Crippen LogP contribution in [-0.4, -0.2) is 86.7 Å². The van der Waals surface area contributed by atoms with Gasteiger partial charge in [-0.3, -0.25) is 4.79 Å². The number of hydrogen-bond donors (Lipinski definition) is 3. The molecule has 39 heavy (non-hydrogen) atoms. The van der Waals surface area contributed by atoms with Gasteiger partial charge in [0.15, 0.2) is 5.75 Å². The van der Waals surface area contributed by atoms with E-state index in [1.807, 2.05) is 20.8 Å². The average Bonchev–Trinajstić information content (AvgIpc) is 2.89. The Bertz CT molecular complexity index is 1270. The van der Waals surface area contributed by atoms with Gasteiger partial charge in [0.05, 0.1) is 42.4 Å². The summed E-state index contributed by atoms with van der Waals surface area (Å²) in [5.74, 6) is -0.0102. The van der Waals surface area contributed by atoms with Crippen molar-refractivity contribution >= 4 is 27.6 Å². The maximum absolute atomic E-state index is 13.6. The number of carbonyl (C=O) groups is 2. The summed E-state index contributed by atoms with van der Waals surface area (Å²) in [6.07, 6.45) is -0.695. The molecular formula is C27H38N4O7S. The molecule has 214 valence electrons. The number of para-hydroxylation sites is 1. The summed E-state index contributed by atoms with van der Waals surface area (Å²) in [5, 5.41) is 15.3. The van der Waals surface area contributed by atoms with Crippen molar-refractivity contribution in [2.75, 3.05) is 39.2 Å². The molecule has 3 atom stereocenters. The number of aliphatic hydroxyl groups is 1. The van der Waals surface area contributed by atoms with Crippen LogP contribution in [0.3, 0.4) is 0 Å². The first-order valence-electron chi connectivity index (χ1n) is 12.8. The van der Waals surface area contributed by atoms with Gasteiger partial charge in [0.25, 0.3) is 5.91 Å². The van der Waals surface area contributed by atoms with Gasteiger partial charge in [0.1, 0.15) is 11.9 Å². The first kappa shape index (κ1) is 30.2. The number of carbonyl (C=O) groups excluding carboxylic acids is 2. The lowest BCUT2D eigenvalue weighted by Crippen LogP contribution is -2.50. The number of amides is 3. The van der Waals surface area contributed by atoms with E-state index in [1.54, 1.807) is 42.2 Å². The van der Waals surface area contributed by atoms with Gasteiger partial charge >= 0.3 is 6.03 Å². The third-order valence-corrected chi connectivity index (χ3v) is 8.40. The van der Waals surface area contributed by atoms with Crippen LogP contribution in [0.4, 0.5) is 10.5 Å². The minimum Gasteiger partial charge on any atom is -0.497 e. The molecule has 0 unspecified atom stereocenters. The van der Waals surface area contributed by atoms with Gasteiger partial charge in [0, 0.05) is 25.6 Å². The van der Waals surface area contributed by atoms with Gasteiger partial charge in [-0.15, -0.1) is 0 Å². The number of aliphatic hydroxyl groups excluding tert-OH is 1. The van der Waals surface area contributed by atoms with E-state index in [-0.39, 0.29) is 59.5 Å². The van der Waals surface area contributed by atoms with Gasteiger partial charge in [0.2, 0.25) is 10.0 Å². The van der Waals surface area contributed by atoms with E-state index in [2.05, 4.69) is 10.6 Å². The number of benzene rings is 2. The molecule has 0 saturated carbocycles. The van der Waals surface area contributed by atoms with Crippen LogP contribution in [0, 0.1) is 5.92 Å². The number of methoxy groups -OCH3 is 1. The second kappa shape index (κ2) is 12.7. The predicted octanol–water partition coefficient (Wildman–Crippen LogP) is 2.77. The predicted molar refractivity (Wildman–Crippen MR) is 148 cm³/mol. The van der Waals surface area contributed by atoms with E-state index in [0.717, 1.165) is 0 Å². The van der Waals surface area contributed by atoms with Crippen LogP contribution in [-0.2, 0) is 10.0 Å². The molecule has 0 bridgehead atoms. The quantitative estimate of drug-likeness (QED) is 0.427. The molecule has 1 aliphatic rings. The minimum absolute atomic E-state index is 0.0307. The van der Waals surface area contributed by atoms with E-state index < -0.39 is 28.2 Å². The van der Waals surface area contributed by atoms with Crippen molar-refractivity contribution in [1.82, 2.24) is 14.5 Å². The monoisotopic (exact) mass is 562 g/mol. The molecule has 12 heteroatoms. The van der Waals surface area contributed by atoms with Gasteiger partial charge < -0.3 is 30.1 Å². The van der Waals surface area contributed by atoms with Crippen LogP contribution < -0.4 is 20.1 Å². The Balaban J connectivity index is 2.00. The second-order valence-electron chi connectivity index (χ2n) is 10.0. The highest BCUT2D eigenvalue weighted by Crippen LogP contribution is 2.35. The smallest absolute Gasteiger partial charge is 0.319 e. The number of nitrogens with zero attached hydrogens (tertiary/aromatic N) is 2. The number of sulfonamides is 1. The number of urea groups is 1. The van der Waals surface area contributed by atoms with Crippen molar-refractivity contribution in [3.63, 3.8) is 0 Å². The summed E-state index contributed by atoms with van der Waals surface area (Å²) in [6.45, 7) is 7.18. The molecule has 0 spiro atoms. The summed E-state index contributed by atoms with van der Waals surface area (Å²) in [5.41, 5.74) is 0.477. The molecule has 11 nitrogen and oxygen atoms in total. The third-order valence-electron chi connectivity index (χ3n) is 6.56. The van der Waals surface area contributed by atoms with Crippen molar-refractivity contribution in [2.45, 2.75) is 50.8 Å². The van der Waals surface area contributed by atoms with E-state index in [9.17, 15) is 23.1 Å². The molecule has 0 radical (unpaired) electrons. The molecule has 3 N–H and O–H groups in total. The SMILES string of the molecule is COc1ccc(S(=O)(=O)N(C)C[C@@H]2Oc3c(NC(=O)NC(C)C)cccc3C(=O)N([C@@H](C)CO)C[C@H]2C)cc1. The van der Waals surface area contributed by atoms with Crippen LogP contribution in [0.15, 0.2) is 47.4 Å². The third kappa shape index (κ3) is 7.00. The highest BCUT2D eigenvalue weighted by Gasteiger charge is 2.36. The average molecular weight is 563 g/mol. The Morgan fingerprint density at radius 3 is 2.46 bits per heavy atom. The number of hydrogen-bond acceptors (Lipinski definition) is 7. The Morgan fingerprint density at radius 1 is 1.21 bits per heavy atom. The highest BCUT2D eigenvalue weighted by atomic mass is 32.2. The van der Waals surface area contributed by atoms with Crippen molar-refractivity contribution in [3.8, 4) is 11.5 Å². The number of likely N-dealkylation sites (N-methyl/N-ethyl adjacent to an activating group) is 1. The minimum atomic E-state index is -3.88. The number of nitrogens with one attached hydrogen (secondary N) is 2. The number of ether oxygens (including phenoxy) is 2. The fourth-order valence-corrected chi connectivity index (χ4v) is 5.44. The topological polar surface area (TPSA) is 138 Å². The van der Waals surface area contributed by atoms with Gasteiger partial charge in [-0.1, -0.05) is 13.0 Å². The van der Waals surface area contributed by atoms with Crippen molar-refractivity contribution < 1.29 is 32.6 Å². The first-order valence-corrected chi connectivity index (χ1v) is 14.2. The lowest BCUT2D eigenvalue weighted by molar-refractivity contribution is 0.0389. The van der Waals surface area contributed by atoms with E-state index >= 15 is 0 Å². The van der Waals surface area contributed by atoms with Crippen molar-refractivity contribution in [1.29, 1.82) is 0 Å². The summed E-state index contributed by atoms with van der Waals surface area (Å²) in [4.78, 5) is 27.7. The Labute approximate surface area is 230 Å². The molecular weight excluding hydrogens is 524 g/mol. The maximum Gasteiger partial charge on any atom is 0.319 e. The number of rotatable bonds is 9. The summed E-state index contributed by atoms with van der Waals surface area (Å²) in [6, 6.07) is 9.85. The van der Waals surface area contributed by atoms with Gasteiger partial charge in [-0.05, 0) is 57.2 Å². The molecule has 0 fully saturated rings. The number of fused-ring (bicyclic) bond motifs is 1. The fraction of sp³-hybridized carbons (Fsp3) is 0.481. The van der Waals surface area contributed by atoms with Crippen molar-refractivity contribution in [3.05, 3.63) is 48.0 Å². The van der Waals surface area contributed by atoms with Crippen LogP contribution in [0.2, 0.25) is 0 Å². The lowest BCUT2D eigenvalue weighted by atomic mass is 9.99. The second-order valence-corrected chi connectivity index (χ2v) is 12.1. The zero-order valence-corrected chi connectivity index (χ0v) is 24.0. The van der Waals surface area contributed by atoms with E-state index in [0.29, 0.717) is 5.75 Å². The molecule has 0 aromatic heterocycles. The molecule has 2 aromatic rings. The van der Waals surface area contributed by atoms with Crippen LogP contribution >= 0.6 is 0 Å². The fourth-order valence-electron chi connectivity index (χ4n) is 4.26. The highest BCUT2D eigenvalue weighted by molar-refractivity contribution is 7.89. The first-order chi connectivity index (χ1) is 18.4. The Hall–Kier alpha value is -3.35. The van der Waals surface area contributed by atoms with E-state index in [4.69, 9.17) is 9.47 Å². The summed E-state index contributed by atoms with van der Waals surface area (Å²) in [7, 11) is -0.906. The van der Waals surface area contributed by atoms with Crippen LogP contribution in [0.1, 0.15) is 38.1 Å². The summed E-state index contributed by atoms with van der Waals surface area (Å²) >= 11 is 0. The zero-order chi connectivity index (χ0) is 28.9. The van der Waals surface area contributed by atoms with Gasteiger partial charge in [-0.25, -0.2) is 13.2 Å². The standard InChI is InChI=1S/C27H38N4O7S/c1-17(2)28-27(34)29-23-9-7-8-22-25(23)38-24(18(3)14-31(26(22)33)19(4)16-32)15-30(5)39(35,36)21-12-10-20(37-6)11-13-21/h7-13,17-19,24,32H,14-16H2,1-6H3,(H2,28,29,34)/t18-,19+,24+/m1/s1. The maximum atomic E-state index is 13.6. The van der Waals surface area contributed by atoms with Crippen LogP contribution in [0.25, 0.3) is 0 Å². The van der Waals surface area contributed by atoms with E-state index in [1.165, 1.54) is 30.6 Å². The van der Waals surface area contributed by atoms with Crippen molar-refractivity contribution in [2.24, 2.45) is 5.92 Å². The Morgan fingerprint density at radius 2 is 1.87 bits per heavy atom. The van der Waals surface area contributed by atoms with Gasteiger partial charge in [-0.2, -0.15) is 4.31 Å². The van der Waals surface area contributed by atoms with Crippen LogP contribution in [0.5, 0.6) is 11.5 Å². The molecule has 3 amide bonds. The molecule has 3 rings (SSSR count). The molecule has 0 saturated heterocycles. The molecule has 2 aromatic carbocycles. The summed E-state index contributed by atoms with van der Waals surface area (Å²) < 4.78 is 39.4. The number of anilines is 1. The Kier molecular flexibility index (Phi) is 9.81. The molecule has 1 heterocycles. The molecule has 1 aliphatic heterocycles. The largest absolute Gasteiger partial charge is 0.497 e. The normalized spacial score (nSPS) is 18.6.